The van der Waals surface area contributed by atoms with Crippen molar-refractivity contribution in [3.63, 3.8) is 0 Å². The molecule has 2 aromatic carbocycles. The van der Waals surface area contributed by atoms with Crippen molar-refractivity contribution >= 4 is 0 Å². The van der Waals surface area contributed by atoms with Gasteiger partial charge in [-0.3, -0.25) is 0 Å². The van der Waals surface area contributed by atoms with Crippen molar-refractivity contribution in [2.45, 2.75) is 122 Å². The minimum atomic E-state index is -0.0490. The second kappa shape index (κ2) is 12.3. The van der Waals surface area contributed by atoms with Gasteiger partial charge in [-0.1, -0.05) is 82.3 Å². The SMILES string of the molecule is CCCC1CCC(C2CCC(c3ccc(-c4ccc(C5CCC(CC)CC5)cc4F)cc3)CC2)CC1. The number of benzene rings is 2. The number of hydrogen-bond acceptors (Lipinski definition) is 0. The molecule has 1 heteroatoms. The largest absolute Gasteiger partial charge is 0.206 e. The number of hydrogen-bond donors (Lipinski definition) is 0. The third kappa shape index (κ3) is 6.08. The van der Waals surface area contributed by atoms with Gasteiger partial charge in [0.15, 0.2) is 0 Å². The fourth-order valence-corrected chi connectivity index (χ4v) is 8.14. The molecule has 3 aliphatic rings. The highest BCUT2D eigenvalue weighted by atomic mass is 19.1. The van der Waals surface area contributed by atoms with Crippen LogP contribution in [0.5, 0.6) is 0 Å². The average Bonchev–Trinajstić information content (AvgIpc) is 2.94. The Kier molecular flexibility index (Phi) is 8.86. The maximum absolute atomic E-state index is 15.2. The molecule has 0 heterocycles. The first kappa shape index (κ1) is 26.0. The summed E-state index contributed by atoms with van der Waals surface area (Å²) in [7, 11) is 0. The minimum absolute atomic E-state index is 0.0490. The lowest BCUT2D eigenvalue weighted by atomic mass is 9.68. The summed E-state index contributed by atoms with van der Waals surface area (Å²) < 4.78 is 15.2. The Bertz CT molecular complexity index is 935. The van der Waals surface area contributed by atoms with E-state index in [0.717, 1.165) is 34.8 Å². The van der Waals surface area contributed by atoms with Gasteiger partial charge in [0.25, 0.3) is 0 Å². The summed E-state index contributed by atoms with van der Waals surface area (Å²) in [4.78, 5) is 0. The van der Waals surface area contributed by atoms with E-state index in [9.17, 15) is 0 Å². The molecule has 5 rings (SSSR count). The van der Waals surface area contributed by atoms with Crippen LogP contribution in [0.4, 0.5) is 4.39 Å². The summed E-state index contributed by atoms with van der Waals surface area (Å²) >= 11 is 0. The second-order valence-electron chi connectivity index (χ2n) is 12.7. The normalized spacial score (nSPS) is 31.3. The van der Waals surface area contributed by atoms with Crippen LogP contribution in [0.2, 0.25) is 0 Å². The molecule has 0 nitrogen and oxygen atoms in total. The molecule has 196 valence electrons. The smallest absolute Gasteiger partial charge is 0.131 e. The first-order valence-electron chi connectivity index (χ1n) is 15.5. The Morgan fingerprint density at radius 1 is 0.611 bits per heavy atom. The molecule has 36 heavy (non-hydrogen) atoms. The fraction of sp³-hybridized carbons (Fsp3) is 0.657. The van der Waals surface area contributed by atoms with E-state index in [2.05, 4.69) is 44.2 Å². The van der Waals surface area contributed by atoms with Gasteiger partial charge in [-0.15, -0.1) is 0 Å². The van der Waals surface area contributed by atoms with Crippen molar-refractivity contribution < 1.29 is 4.39 Å². The summed E-state index contributed by atoms with van der Waals surface area (Å²) in [5.74, 6) is 5.04. The molecule has 0 bridgehead atoms. The Morgan fingerprint density at radius 2 is 1.14 bits per heavy atom. The lowest BCUT2D eigenvalue weighted by Gasteiger charge is -2.38. The average molecular weight is 489 g/mol. The van der Waals surface area contributed by atoms with Crippen molar-refractivity contribution in [3.8, 4) is 11.1 Å². The molecule has 3 saturated carbocycles. The second-order valence-corrected chi connectivity index (χ2v) is 12.7. The number of rotatable bonds is 7. The van der Waals surface area contributed by atoms with Crippen LogP contribution in [0.1, 0.15) is 133 Å². The van der Waals surface area contributed by atoms with Gasteiger partial charge in [0.05, 0.1) is 0 Å². The predicted molar refractivity (Wildman–Crippen MR) is 152 cm³/mol. The van der Waals surface area contributed by atoms with Crippen LogP contribution in [0.3, 0.4) is 0 Å². The standard InChI is InChI=1S/C35H49F/c1-3-5-26-8-12-27(13-9-26)28-14-16-29(17-15-28)30-18-20-32(21-19-30)34-23-22-33(24-35(34)36)31-10-6-25(4-2)7-11-31/h18-29,31H,3-17H2,1-2H3. The van der Waals surface area contributed by atoms with Gasteiger partial charge in [0.1, 0.15) is 5.82 Å². The van der Waals surface area contributed by atoms with E-state index in [1.807, 2.05) is 12.1 Å². The minimum Gasteiger partial charge on any atom is -0.206 e. The highest BCUT2D eigenvalue weighted by Gasteiger charge is 2.31. The van der Waals surface area contributed by atoms with E-state index in [-0.39, 0.29) is 5.82 Å². The van der Waals surface area contributed by atoms with E-state index < -0.39 is 0 Å². The highest BCUT2D eigenvalue weighted by Crippen LogP contribution is 2.45. The topological polar surface area (TPSA) is 0 Å². The summed E-state index contributed by atoms with van der Waals surface area (Å²) in [6.07, 6.45) is 20.6. The first-order valence-corrected chi connectivity index (χ1v) is 15.5. The lowest BCUT2D eigenvalue weighted by Crippen LogP contribution is -2.25. The maximum Gasteiger partial charge on any atom is 0.131 e. The quantitative estimate of drug-likeness (QED) is 0.363. The zero-order valence-corrected chi connectivity index (χ0v) is 23.0. The van der Waals surface area contributed by atoms with Crippen LogP contribution in [0.25, 0.3) is 11.1 Å². The van der Waals surface area contributed by atoms with Gasteiger partial charge < -0.3 is 0 Å². The molecule has 0 amide bonds. The highest BCUT2D eigenvalue weighted by molar-refractivity contribution is 5.65. The summed E-state index contributed by atoms with van der Waals surface area (Å²) in [5, 5.41) is 0. The monoisotopic (exact) mass is 488 g/mol. The molecular weight excluding hydrogens is 439 g/mol. The van der Waals surface area contributed by atoms with Gasteiger partial charge in [-0.2, -0.15) is 0 Å². The molecule has 3 aliphatic carbocycles. The number of halogens is 1. The van der Waals surface area contributed by atoms with Gasteiger partial charge in [0, 0.05) is 5.56 Å². The van der Waals surface area contributed by atoms with Crippen molar-refractivity contribution in [2.24, 2.45) is 23.7 Å². The van der Waals surface area contributed by atoms with Gasteiger partial charge in [-0.05, 0) is 122 Å². The molecule has 0 spiro atoms. The van der Waals surface area contributed by atoms with Crippen molar-refractivity contribution in [2.75, 3.05) is 0 Å². The third-order valence-corrected chi connectivity index (χ3v) is 10.6. The molecule has 0 aliphatic heterocycles. The van der Waals surface area contributed by atoms with E-state index in [0.29, 0.717) is 11.8 Å². The fourth-order valence-electron chi connectivity index (χ4n) is 8.14. The Labute approximate surface area is 220 Å². The van der Waals surface area contributed by atoms with E-state index in [4.69, 9.17) is 0 Å². The summed E-state index contributed by atoms with van der Waals surface area (Å²) in [6.45, 7) is 4.64. The zero-order chi connectivity index (χ0) is 24.9. The summed E-state index contributed by atoms with van der Waals surface area (Å²) in [5.41, 5.74) is 4.46. The molecular formula is C35H49F. The molecule has 0 unspecified atom stereocenters. The van der Waals surface area contributed by atoms with Gasteiger partial charge in [-0.25, -0.2) is 4.39 Å². The molecule has 0 atom stereocenters. The van der Waals surface area contributed by atoms with Crippen LogP contribution in [0, 0.1) is 29.5 Å². The van der Waals surface area contributed by atoms with Crippen molar-refractivity contribution in [1.82, 2.24) is 0 Å². The molecule has 0 radical (unpaired) electrons. The van der Waals surface area contributed by atoms with E-state index >= 15 is 4.39 Å². The first-order chi connectivity index (χ1) is 17.6. The molecule has 0 saturated heterocycles. The van der Waals surface area contributed by atoms with Crippen molar-refractivity contribution in [1.29, 1.82) is 0 Å². The van der Waals surface area contributed by atoms with Gasteiger partial charge >= 0.3 is 0 Å². The molecule has 2 aromatic rings. The van der Waals surface area contributed by atoms with Crippen LogP contribution in [0.15, 0.2) is 42.5 Å². The molecule has 3 fully saturated rings. The van der Waals surface area contributed by atoms with Crippen LogP contribution in [-0.4, -0.2) is 0 Å². The molecule has 0 N–H and O–H groups in total. The molecule has 0 aromatic heterocycles. The van der Waals surface area contributed by atoms with E-state index in [1.165, 1.54) is 107 Å². The third-order valence-electron chi connectivity index (χ3n) is 10.6. The van der Waals surface area contributed by atoms with E-state index in [1.54, 1.807) is 0 Å². The Morgan fingerprint density at radius 3 is 1.72 bits per heavy atom. The van der Waals surface area contributed by atoms with Crippen LogP contribution < -0.4 is 0 Å². The summed E-state index contributed by atoms with van der Waals surface area (Å²) in [6, 6.07) is 15.0. The predicted octanol–water partition coefficient (Wildman–Crippen LogP) is 11.1. The Balaban J connectivity index is 1.15. The van der Waals surface area contributed by atoms with Crippen molar-refractivity contribution in [3.05, 3.63) is 59.4 Å². The van der Waals surface area contributed by atoms with Crippen LogP contribution in [-0.2, 0) is 0 Å². The zero-order valence-electron chi connectivity index (χ0n) is 23.0. The maximum atomic E-state index is 15.2. The van der Waals surface area contributed by atoms with Crippen LogP contribution >= 0.6 is 0 Å². The lowest BCUT2D eigenvalue weighted by molar-refractivity contribution is 0.156. The van der Waals surface area contributed by atoms with Gasteiger partial charge in [0.2, 0.25) is 0 Å². The Hall–Kier alpha value is -1.63.